The number of nitrogens with one attached hydrogen (secondary N) is 2. The molecule has 14 heteroatoms. The highest BCUT2D eigenvalue weighted by Gasteiger charge is 2.53. The molecule has 1 spiro atoms. The number of rotatable bonds is 14. The van der Waals surface area contributed by atoms with Crippen LogP contribution < -0.4 is 10.0 Å². The Kier molecular flexibility index (Phi) is 15.4. The highest BCUT2D eigenvalue weighted by molar-refractivity contribution is 7.89. The number of hydrogen-bond donors (Lipinski definition) is 2. The third kappa shape index (κ3) is 9.37. The van der Waals surface area contributed by atoms with Crippen molar-refractivity contribution in [3.8, 4) is 5.69 Å². The Bertz CT molecular complexity index is 1490. The SMILES string of the molecule is CCCCN1C(=O)[C@H](CC2CCCCC2)NC(=O)C12CCN(Cc1c(C)nn(-c3ccc(S(=O)(=O)NCCCOC)cc3)c1C)CC2.Cl.Cl. The second kappa shape index (κ2) is 18.3. The molecule has 0 unspecified atom stereocenters. The monoisotopic (exact) mass is 742 g/mol. The molecule has 1 atom stereocenters. The number of piperidine rings is 1. The summed E-state index contributed by atoms with van der Waals surface area (Å²) in [5, 5.41) is 8.01. The zero-order chi connectivity index (χ0) is 33.6. The first-order chi connectivity index (χ1) is 22.6. The first-order valence-electron chi connectivity index (χ1n) is 17.6. The van der Waals surface area contributed by atoms with E-state index in [4.69, 9.17) is 9.84 Å². The fourth-order valence-corrected chi connectivity index (χ4v) is 8.74. The minimum atomic E-state index is -3.61. The van der Waals surface area contributed by atoms with Gasteiger partial charge in [0.15, 0.2) is 0 Å². The Morgan fingerprint density at radius 2 is 1.69 bits per heavy atom. The molecule has 2 saturated heterocycles. The molecule has 3 aliphatic rings. The molecule has 2 N–H and O–H groups in total. The van der Waals surface area contributed by atoms with Crippen molar-refractivity contribution in [2.75, 3.05) is 39.9 Å². The lowest BCUT2D eigenvalue weighted by Crippen LogP contribution is -2.73. The minimum Gasteiger partial charge on any atom is -0.385 e. The number of piperazine rings is 1. The summed E-state index contributed by atoms with van der Waals surface area (Å²) in [6.07, 6.45) is 10.5. The summed E-state index contributed by atoms with van der Waals surface area (Å²) in [4.78, 5) is 32.3. The van der Waals surface area contributed by atoms with Gasteiger partial charge in [-0.25, -0.2) is 17.8 Å². The molecule has 1 aliphatic carbocycles. The van der Waals surface area contributed by atoms with Crippen LogP contribution >= 0.6 is 24.8 Å². The number of carbonyl (C=O) groups excluding carboxylic acids is 2. The quantitative estimate of drug-likeness (QED) is 0.259. The molecule has 49 heavy (non-hydrogen) atoms. The van der Waals surface area contributed by atoms with E-state index in [1.165, 1.54) is 19.3 Å². The van der Waals surface area contributed by atoms with E-state index in [-0.39, 0.29) is 41.5 Å². The van der Waals surface area contributed by atoms with E-state index >= 15 is 0 Å². The Hall–Kier alpha value is -2.22. The molecule has 276 valence electrons. The standard InChI is InChI=1S/C35H54N6O5S.2ClH/c1-5-6-20-40-33(42)32(24-28-11-8-7-9-12-28)37-34(43)35(40)17-21-39(22-18-35)25-31-26(2)38-41(27(31)3)29-13-15-30(16-14-29)47(44,45)36-19-10-23-46-4;;/h13-16,28,32,36H,5-12,17-25H2,1-4H3,(H,37,43);2*1H/t32-;;/m0../s1. The predicted molar refractivity (Wildman–Crippen MR) is 196 cm³/mol. The number of aryl methyl sites for hydroxylation is 1. The van der Waals surface area contributed by atoms with Crippen molar-refractivity contribution in [3.05, 3.63) is 41.2 Å². The largest absolute Gasteiger partial charge is 0.385 e. The first kappa shape index (κ1) is 41.2. The summed E-state index contributed by atoms with van der Waals surface area (Å²) in [5.74, 6) is 0.670. The maximum absolute atomic E-state index is 13.9. The number of carbonyl (C=O) groups is 2. The molecule has 0 radical (unpaired) electrons. The van der Waals surface area contributed by atoms with Crippen LogP contribution in [-0.4, -0.2) is 91.3 Å². The molecule has 2 aromatic rings. The van der Waals surface area contributed by atoms with Gasteiger partial charge in [0.1, 0.15) is 11.6 Å². The molecule has 3 heterocycles. The molecule has 0 bridgehead atoms. The highest BCUT2D eigenvalue weighted by Crippen LogP contribution is 2.36. The summed E-state index contributed by atoms with van der Waals surface area (Å²) in [7, 11) is -2.01. The number of hydrogen-bond acceptors (Lipinski definition) is 7. The number of nitrogens with zero attached hydrogens (tertiary/aromatic N) is 4. The molecule has 1 aromatic carbocycles. The molecule has 11 nitrogen and oxygen atoms in total. The lowest BCUT2D eigenvalue weighted by atomic mass is 9.79. The minimum absolute atomic E-state index is 0. The lowest BCUT2D eigenvalue weighted by molar-refractivity contribution is -0.162. The van der Waals surface area contributed by atoms with Crippen molar-refractivity contribution < 1.29 is 22.7 Å². The normalized spacial score (nSPS) is 20.2. The molecular weight excluding hydrogens is 687 g/mol. The van der Waals surface area contributed by atoms with Crippen LogP contribution in [0.15, 0.2) is 29.2 Å². The molecular formula is C35H56Cl2N6O5S. The van der Waals surface area contributed by atoms with E-state index in [0.29, 0.717) is 64.5 Å². The van der Waals surface area contributed by atoms with Gasteiger partial charge >= 0.3 is 0 Å². The fourth-order valence-electron chi connectivity index (χ4n) is 7.66. The number of methoxy groups -OCH3 is 1. The van der Waals surface area contributed by atoms with Gasteiger partial charge in [-0.2, -0.15) is 5.10 Å². The second-order valence-corrected chi connectivity index (χ2v) is 15.5. The van der Waals surface area contributed by atoms with Crippen LogP contribution in [0.3, 0.4) is 0 Å². The molecule has 1 saturated carbocycles. The van der Waals surface area contributed by atoms with Crippen molar-refractivity contribution in [3.63, 3.8) is 0 Å². The molecule has 5 rings (SSSR count). The van der Waals surface area contributed by atoms with E-state index in [0.717, 1.165) is 54.7 Å². The van der Waals surface area contributed by atoms with Crippen LogP contribution in [0.4, 0.5) is 0 Å². The third-order valence-corrected chi connectivity index (χ3v) is 12.0. The van der Waals surface area contributed by atoms with Gasteiger partial charge in [-0.3, -0.25) is 14.5 Å². The summed E-state index contributed by atoms with van der Waals surface area (Å²) in [5.41, 5.74) is 3.05. The van der Waals surface area contributed by atoms with Crippen LogP contribution in [-0.2, 0) is 30.9 Å². The number of halogens is 2. The Labute approximate surface area is 305 Å². The van der Waals surface area contributed by atoms with Gasteiger partial charge in [0.05, 0.1) is 16.3 Å². The number of ether oxygens (including phenoxy) is 1. The number of unbranched alkanes of at least 4 members (excludes halogenated alkanes) is 1. The van der Waals surface area contributed by atoms with Crippen molar-refractivity contribution in [1.29, 1.82) is 0 Å². The lowest BCUT2D eigenvalue weighted by Gasteiger charge is -2.52. The summed E-state index contributed by atoms with van der Waals surface area (Å²) < 4.78 is 34.8. The van der Waals surface area contributed by atoms with Crippen LogP contribution in [0, 0.1) is 19.8 Å². The maximum atomic E-state index is 13.9. The average Bonchev–Trinajstić information content (AvgIpc) is 3.35. The summed E-state index contributed by atoms with van der Waals surface area (Å²) in [6.45, 7) is 9.73. The third-order valence-electron chi connectivity index (χ3n) is 10.6. The van der Waals surface area contributed by atoms with Gasteiger partial charge in [-0.05, 0) is 76.1 Å². The molecule has 3 fully saturated rings. The van der Waals surface area contributed by atoms with Crippen LogP contribution in [0.25, 0.3) is 5.69 Å². The van der Waals surface area contributed by atoms with E-state index in [1.54, 1.807) is 31.4 Å². The van der Waals surface area contributed by atoms with Crippen molar-refractivity contribution in [2.24, 2.45) is 5.92 Å². The smallest absolute Gasteiger partial charge is 0.246 e. The zero-order valence-electron chi connectivity index (χ0n) is 29.5. The fraction of sp³-hybridized carbons (Fsp3) is 0.686. The number of benzene rings is 1. The average molecular weight is 744 g/mol. The summed E-state index contributed by atoms with van der Waals surface area (Å²) in [6, 6.07) is 6.38. The van der Waals surface area contributed by atoms with E-state index in [9.17, 15) is 18.0 Å². The van der Waals surface area contributed by atoms with Crippen molar-refractivity contribution in [2.45, 2.75) is 114 Å². The van der Waals surface area contributed by atoms with Gasteiger partial charge in [0.25, 0.3) is 0 Å². The van der Waals surface area contributed by atoms with Gasteiger partial charge < -0.3 is 15.0 Å². The molecule has 1 aromatic heterocycles. The Morgan fingerprint density at radius 3 is 2.33 bits per heavy atom. The second-order valence-electron chi connectivity index (χ2n) is 13.7. The predicted octanol–water partition coefficient (Wildman–Crippen LogP) is 5.08. The number of sulfonamides is 1. The van der Waals surface area contributed by atoms with Crippen molar-refractivity contribution in [1.82, 2.24) is 29.6 Å². The molecule has 2 aliphatic heterocycles. The number of amides is 2. The molecule has 2 amide bonds. The van der Waals surface area contributed by atoms with Gasteiger partial charge in [-0.1, -0.05) is 45.4 Å². The van der Waals surface area contributed by atoms with Crippen LogP contribution in [0.1, 0.15) is 94.5 Å². The topological polar surface area (TPSA) is 126 Å². The number of aromatic nitrogens is 2. The Morgan fingerprint density at radius 1 is 1.02 bits per heavy atom. The van der Waals surface area contributed by atoms with Crippen LogP contribution in [0.2, 0.25) is 0 Å². The first-order valence-corrected chi connectivity index (χ1v) is 19.1. The maximum Gasteiger partial charge on any atom is 0.246 e. The van der Waals surface area contributed by atoms with E-state index < -0.39 is 21.6 Å². The van der Waals surface area contributed by atoms with Gasteiger partial charge in [-0.15, -0.1) is 24.8 Å². The van der Waals surface area contributed by atoms with Crippen molar-refractivity contribution >= 4 is 46.7 Å². The van der Waals surface area contributed by atoms with Crippen LogP contribution in [0.5, 0.6) is 0 Å². The summed E-state index contributed by atoms with van der Waals surface area (Å²) >= 11 is 0. The van der Waals surface area contributed by atoms with Gasteiger partial charge in [0, 0.05) is 57.7 Å². The Balaban J connectivity index is 0.00000325. The highest BCUT2D eigenvalue weighted by atomic mass is 35.5. The van der Waals surface area contributed by atoms with Gasteiger partial charge in [0.2, 0.25) is 21.8 Å². The zero-order valence-corrected chi connectivity index (χ0v) is 32.0. The van der Waals surface area contributed by atoms with E-state index in [1.807, 2.05) is 23.4 Å². The number of likely N-dealkylation sites (tertiary alicyclic amines) is 1. The van der Waals surface area contributed by atoms with E-state index in [2.05, 4.69) is 21.9 Å².